The molecule has 0 radical (unpaired) electrons. The van der Waals surface area contributed by atoms with E-state index in [4.69, 9.17) is 5.73 Å². The number of aromatic amines is 1. The van der Waals surface area contributed by atoms with Crippen LogP contribution in [0, 0.1) is 0 Å². The zero-order valence-corrected chi connectivity index (χ0v) is 10.9. The van der Waals surface area contributed by atoms with E-state index in [1.807, 2.05) is 30.3 Å². The third-order valence-electron chi connectivity index (χ3n) is 3.09. The van der Waals surface area contributed by atoms with Gasteiger partial charge in [-0.2, -0.15) is 5.10 Å². The van der Waals surface area contributed by atoms with Crippen LogP contribution in [-0.2, 0) is 11.3 Å². The average Bonchev–Trinajstić information content (AvgIpc) is 2.93. The topological polar surface area (TPSA) is 75.0 Å². The molecule has 0 saturated heterocycles. The Kier molecular flexibility index (Phi) is 4.30. The summed E-state index contributed by atoms with van der Waals surface area (Å²) in [4.78, 5) is 14.1. The largest absolute Gasteiger partial charge is 0.341 e. The molecule has 2 rings (SSSR count). The number of nitrogens with one attached hydrogen (secondary N) is 1. The molecule has 0 aliphatic rings. The van der Waals surface area contributed by atoms with Gasteiger partial charge in [-0.25, -0.2) is 0 Å². The van der Waals surface area contributed by atoms with Crippen LogP contribution in [0.2, 0.25) is 0 Å². The van der Waals surface area contributed by atoms with Gasteiger partial charge in [0.25, 0.3) is 0 Å². The fourth-order valence-electron chi connectivity index (χ4n) is 2.05. The lowest BCUT2D eigenvalue weighted by atomic mass is 9.98. The molecule has 0 bridgehead atoms. The van der Waals surface area contributed by atoms with Gasteiger partial charge in [-0.05, 0) is 5.56 Å². The first-order valence-electron chi connectivity index (χ1n) is 6.20. The quantitative estimate of drug-likeness (QED) is 0.843. The Morgan fingerprint density at radius 1 is 1.42 bits per heavy atom. The normalized spacial score (nSPS) is 12.1. The summed E-state index contributed by atoms with van der Waals surface area (Å²) >= 11 is 0. The zero-order chi connectivity index (χ0) is 13.7. The number of benzene rings is 1. The second kappa shape index (κ2) is 6.15. The number of carbonyl (C=O) groups excluding carboxylic acids is 1. The Morgan fingerprint density at radius 2 is 2.16 bits per heavy atom. The zero-order valence-electron chi connectivity index (χ0n) is 10.9. The second-order valence-electron chi connectivity index (χ2n) is 4.50. The number of H-pyrrole nitrogens is 1. The van der Waals surface area contributed by atoms with Crippen LogP contribution in [0.25, 0.3) is 0 Å². The monoisotopic (exact) mass is 258 g/mol. The van der Waals surface area contributed by atoms with Crippen LogP contribution in [0.5, 0.6) is 0 Å². The lowest BCUT2D eigenvalue weighted by molar-refractivity contribution is -0.131. The standard InChI is InChI=1S/C14H18N4O/c1-18(10-11-8-16-17-9-11)14(19)13(7-15)12-5-3-2-4-6-12/h2-6,8-9,13H,7,10,15H2,1H3,(H,16,17). The first-order valence-corrected chi connectivity index (χ1v) is 6.20. The number of amides is 1. The molecule has 1 aromatic carbocycles. The minimum absolute atomic E-state index is 0.0231. The van der Waals surface area contributed by atoms with E-state index in [2.05, 4.69) is 10.2 Å². The maximum Gasteiger partial charge on any atom is 0.231 e. The van der Waals surface area contributed by atoms with Gasteiger partial charge in [-0.1, -0.05) is 30.3 Å². The fraction of sp³-hybridized carbons (Fsp3) is 0.286. The van der Waals surface area contributed by atoms with E-state index < -0.39 is 0 Å². The van der Waals surface area contributed by atoms with E-state index in [0.717, 1.165) is 11.1 Å². The van der Waals surface area contributed by atoms with Gasteiger partial charge in [0.1, 0.15) is 0 Å². The Hall–Kier alpha value is -2.14. The third kappa shape index (κ3) is 3.20. The highest BCUT2D eigenvalue weighted by Crippen LogP contribution is 2.17. The van der Waals surface area contributed by atoms with Crippen LogP contribution >= 0.6 is 0 Å². The van der Waals surface area contributed by atoms with Crippen molar-refractivity contribution < 1.29 is 4.79 Å². The van der Waals surface area contributed by atoms with Crippen LogP contribution in [0.3, 0.4) is 0 Å². The third-order valence-corrected chi connectivity index (χ3v) is 3.09. The molecule has 100 valence electrons. The van der Waals surface area contributed by atoms with Gasteiger partial charge in [0.15, 0.2) is 0 Å². The van der Waals surface area contributed by atoms with Crippen LogP contribution in [0.15, 0.2) is 42.7 Å². The molecule has 1 aromatic heterocycles. The Morgan fingerprint density at radius 3 is 2.74 bits per heavy atom. The molecule has 0 spiro atoms. The number of carbonyl (C=O) groups is 1. The van der Waals surface area contributed by atoms with Crippen molar-refractivity contribution in [1.29, 1.82) is 0 Å². The molecule has 0 saturated carbocycles. The van der Waals surface area contributed by atoms with E-state index in [1.54, 1.807) is 24.3 Å². The molecule has 5 heteroatoms. The van der Waals surface area contributed by atoms with Crippen molar-refractivity contribution in [1.82, 2.24) is 15.1 Å². The molecule has 5 nitrogen and oxygen atoms in total. The van der Waals surface area contributed by atoms with Gasteiger partial charge < -0.3 is 10.6 Å². The van der Waals surface area contributed by atoms with Gasteiger partial charge >= 0.3 is 0 Å². The van der Waals surface area contributed by atoms with Crippen molar-refractivity contribution in [2.45, 2.75) is 12.5 Å². The van der Waals surface area contributed by atoms with Gasteiger partial charge in [-0.15, -0.1) is 0 Å². The molecule has 1 amide bonds. The van der Waals surface area contributed by atoms with E-state index >= 15 is 0 Å². The maximum atomic E-state index is 12.4. The van der Waals surface area contributed by atoms with E-state index in [9.17, 15) is 4.79 Å². The summed E-state index contributed by atoms with van der Waals surface area (Å²) in [6, 6.07) is 9.63. The Bertz CT molecular complexity index is 510. The molecule has 0 fully saturated rings. The summed E-state index contributed by atoms with van der Waals surface area (Å²) in [5.41, 5.74) is 7.68. The number of likely N-dealkylation sites (N-methyl/N-ethyl adjacent to an activating group) is 1. The van der Waals surface area contributed by atoms with Crippen molar-refractivity contribution in [3.05, 3.63) is 53.9 Å². The molecule has 1 atom stereocenters. The van der Waals surface area contributed by atoms with Crippen LogP contribution in [0.4, 0.5) is 0 Å². The first kappa shape index (κ1) is 13.3. The second-order valence-corrected chi connectivity index (χ2v) is 4.50. The number of nitrogens with zero attached hydrogens (tertiary/aromatic N) is 2. The van der Waals surface area contributed by atoms with Gasteiger partial charge in [0.05, 0.1) is 12.1 Å². The van der Waals surface area contributed by atoms with E-state index in [0.29, 0.717) is 13.1 Å². The number of aromatic nitrogens is 2. The highest BCUT2D eigenvalue weighted by Gasteiger charge is 2.22. The Labute approximate surface area is 112 Å². The van der Waals surface area contributed by atoms with Crippen LogP contribution < -0.4 is 5.73 Å². The summed E-state index contributed by atoms with van der Waals surface area (Å²) in [5, 5.41) is 6.61. The number of hydrogen-bond acceptors (Lipinski definition) is 3. The molecule has 1 heterocycles. The molecule has 0 aliphatic carbocycles. The maximum absolute atomic E-state index is 12.4. The first-order chi connectivity index (χ1) is 9.22. The van der Waals surface area contributed by atoms with Crippen molar-refractivity contribution in [3.8, 4) is 0 Å². The van der Waals surface area contributed by atoms with E-state index in [1.165, 1.54) is 0 Å². The minimum atomic E-state index is -0.293. The highest BCUT2D eigenvalue weighted by atomic mass is 16.2. The predicted molar refractivity (Wildman–Crippen MR) is 73.3 cm³/mol. The minimum Gasteiger partial charge on any atom is -0.341 e. The molecule has 2 aromatic rings. The summed E-state index contributed by atoms with van der Waals surface area (Å²) in [6.45, 7) is 0.831. The van der Waals surface area contributed by atoms with Gasteiger partial charge in [0.2, 0.25) is 5.91 Å². The van der Waals surface area contributed by atoms with Crippen molar-refractivity contribution in [3.63, 3.8) is 0 Å². The van der Waals surface area contributed by atoms with Crippen molar-refractivity contribution in [2.75, 3.05) is 13.6 Å². The Balaban J connectivity index is 2.08. The number of nitrogens with two attached hydrogens (primary N) is 1. The molecular weight excluding hydrogens is 240 g/mol. The van der Waals surface area contributed by atoms with Crippen molar-refractivity contribution >= 4 is 5.91 Å². The summed E-state index contributed by atoms with van der Waals surface area (Å²) in [7, 11) is 1.78. The lowest BCUT2D eigenvalue weighted by Gasteiger charge is -2.22. The summed E-state index contributed by atoms with van der Waals surface area (Å²) in [6.07, 6.45) is 3.49. The molecule has 19 heavy (non-hydrogen) atoms. The highest BCUT2D eigenvalue weighted by molar-refractivity contribution is 5.83. The molecule has 0 aliphatic heterocycles. The van der Waals surface area contributed by atoms with Crippen LogP contribution in [-0.4, -0.2) is 34.6 Å². The van der Waals surface area contributed by atoms with Crippen molar-refractivity contribution in [2.24, 2.45) is 5.73 Å². The summed E-state index contributed by atoms with van der Waals surface area (Å²) < 4.78 is 0. The molecular formula is C14H18N4O. The molecule has 1 unspecified atom stereocenters. The van der Waals surface area contributed by atoms with Gasteiger partial charge in [-0.3, -0.25) is 9.89 Å². The smallest absolute Gasteiger partial charge is 0.231 e. The van der Waals surface area contributed by atoms with Gasteiger partial charge in [0, 0.05) is 31.9 Å². The predicted octanol–water partition coefficient (Wildman–Crippen LogP) is 1.11. The number of hydrogen-bond donors (Lipinski definition) is 2. The number of rotatable bonds is 5. The SMILES string of the molecule is CN(Cc1cn[nH]c1)C(=O)C(CN)c1ccccc1. The fourth-order valence-corrected chi connectivity index (χ4v) is 2.05. The summed E-state index contributed by atoms with van der Waals surface area (Å²) in [5.74, 6) is -0.270. The van der Waals surface area contributed by atoms with E-state index in [-0.39, 0.29) is 11.8 Å². The average molecular weight is 258 g/mol. The van der Waals surface area contributed by atoms with Crippen LogP contribution in [0.1, 0.15) is 17.0 Å². The lowest BCUT2D eigenvalue weighted by Crippen LogP contribution is -2.34. The molecule has 3 N–H and O–H groups in total.